The van der Waals surface area contributed by atoms with Crippen molar-refractivity contribution < 1.29 is 0 Å². The topological polar surface area (TPSA) is 43.8 Å². The first kappa shape index (κ1) is 13.7. The highest BCUT2D eigenvalue weighted by molar-refractivity contribution is 5.82. The molecule has 3 heteroatoms. The maximum atomic E-state index is 6.07. The Balaban J connectivity index is 2.30. The first-order valence-electron chi connectivity index (χ1n) is 7.32. The van der Waals surface area contributed by atoms with Crippen LogP contribution in [-0.2, 0) is 0 Å². The number of anilines is 1. The monoisotopic (exact) mass is 279 g/mol. The summed E-state index contributed by atoms with van der Waals surface area (Å²) in [6.07, 6.45) is 0. The van der Waals surface area contributed by atoms with Crippen molar-refractivity contribution >= 4 is 16.7 Å². The molecule has 3 rings (SSSR count). The maximum Gasteiger partial charge on any atom is 0.141 e. The number of aromatic nitrogens is 2. The van der Waals surface area contributed by atoms with E-state index in [2.05, 4.69) is 55.7 Å². The molecule has 2 N–H and O–H groups in total. The molecule has 0 spiro atoms. The van der Waals surface area contributed by atoms with Gasteiger partial charge in [0.1, 0.15) is 5.82 Å². The average Bonchev–Trinajstić information content (AvgIpc) is 2.80. The van der Waals surface area contributed by atoms with E-state index in [1.807, 2.05) is 13.0 Å². The predicted molar refractivity (Wildman–Crippen MR) is 89.4 cm³/mol. The first-order chi connectivity index (χ1) is 9.97. The van der Waals surface area contributed by atoms with Crippen molar-refractivity contribution in [2.75, 3.05) is 5.73 Å². The fourth-order valence-corrected chi connectivity index (χ4v) is 2.71. The van der Waals surface area contributed by atoms with Crippen LogP contribution in [0.2, 0.25) is 0 Å². The molecule has 3 nitrogen and oxygen atoms in total. The largest absolute Gasteiger partial charge is 0.398 e. The van der Waals surface area contributed by atoms with Gasteiger partial charge in [0.25, 0.3) is 0 Å². The molecule has 0 atom stereocenters. The summed E-state index contributed by atoms with van der Waals surface area (Å²) in [4.78, 5) is 4.84. The molecular formula is C18H21N3. The predicted octanol–water partition coefficient (Wildman–Crippen LogP) is 4.48. The third-order valence-electron chi connectivity index (χ3n) is 3.90. The minimum absolute atomic E-state index is 0.343. The molecule has 0 fully saturated rings. The zero-order valence-electron chi connectivity index (χ0n) is 13.0. The fourth-order valence-electron chi connectivity index (χ4n) is 2.71. The normalized spacial score (nSPS) is 11.5. The van der Waals surface area contributed by atoms with Gasteiger partial charge in [-0.15, -0.1) is 0 Å². The molecule has 0 aliphatic heterocycles. The smallest absolute Gasteiger partial charge is 0.141 e. The van der Waals surface area contributed by atoms with Crippen LogP contribution in [0.1, 0.15) is 31.0 Å². The molecule has 0 aliphatic carbocycles. The van der Waals surface area contributed by atoms with Crippen molar-refractivity contribution in [3.8, 4) is 11.4 Å². The second-order valence-electron chi connectivity index (χ2n) is 5.96. The van der Waals surface area contributed by atoms with Crippen LogP contribution in [0.4, 0.5) is 5.69 Å². The van der Waals surface area contributed by atoms with Crippen molar-refractivity contribution in [2.24, 2.45) is 0 Å². The molecule has 21 heavy (non-hydrogen) atoms. The van der Waals surface area contributed by atoms with Crippen molar-refractivity contribution in [1.82, 2.24) is 9.55 Å². The van der Waals surface area contributed by atoms with E-state index in [1.165, 1.54) is 11.1 Å². The second kappa shape index (κ2) is 4.92. The Bertz CT molecular complexity index is 813. The summed E-state index contributed by atoms with van der Waals surface area (Å²) in [5.41, 5.74) is 12.5. The minimum atomic E-state index is 0.343. The van der Waals surface area contributed by atoms with Gasteiger partial charge in [-0.3, -0.25) is 0 Å². The van der Waals surface area contributed by atoms with E-state index in [0.717, 1.165) is 28.2 Å². The number of rotatable bonds is 2. The number of nitrogens with zero attached hydrogens (tertiary/aromatic N) is 2. The lowest BCUT2D eigenvalue weighted by Gasteiger charge is -2.14. The van der Waals surface area contributed by atoms with Gasteiger partial charge in [0.05, 0.1) is 11.0 Å². The van der Waals surface area contributed by atoms with E-state index >= 15 is 0 Å². The van der Waals surface area contributed by atoms with Gasteiger partial charge < -0.3 is 10.3 Å². The molecule has 0 unspecified atom stereocenters. The molecule has 0 saturated carbocycles. The SMILES string of the molecule is Cc1ccc2c(c1)nc(-c1ccc(C)c(N)c1)n2C(C)C. The molecule has 0 saturated heterocycles. The van der Waals surface area contributed by atoms with Crippen LogP contribution in [0.15, 0.2) is 36.4 Å². The Morgan fingerprint density at radius 2 is 1.81 bits per heavy atom. The molecular weight excluding hydrogens is 258 g/mol. The van der Waals surface area contributed by atoms with Crippen LogP contribution in [0, 0.1) is 13.8 Å². The first-order valence-corrected chi connectivity index (χ1v) is 7.32. The number of imidazole rings is 1. The van der Waals surface area contributed by atoms with Gasteiger partial charge in [0, 0.05) is 17.3 Å². The van der Waals surface area contributed by atoms with E-state index in [4.69, 9.17) is 10.7 Å². The minimum Gasteiger partial charge on any atom is -0.398 e. The zero-order valence-corrected chi connectivity index (χ0v) is 13.0. The van der Waals surface area contributed by atoms with E-state index in [1.54, 1.807) is 0 Å². The Labute approximate surface area is 125 Å². The summed E-state index contributed by atoms with van der Waals surface area (Å²) >= 11 is 0. The maximum absolute atomic E-state index is 6.07. The number of hydrogen-bond acceptors (Lipinski definition) is 2. The van der Waals surface area contributed by atoms with Crippen LogP contribution < -0.4 is 5.73 Å². The molecule has 0 radical (unpaired) electrons. The van der Waals surface area contributed by atoms with Gasteiger partial charge >= 0.3 is 0 Å². The molecule has 1 heterocycles. The lowest BCUT2D eigenvalue weighted by atomic mass is 10.1. The number of benzene rings is 2. The summed E-state index contributed by atoms with van der Waals surface area (Å²) in [6, 6.07) is 12.9. The number of aryl methyl sites for hydroxylation is 2. The van der Waals surface area contributed by atoms with Crippen LogP contribution in [0.25, 0.3) is 22.4 Å². The van der Waals surface area contributed by atoms with Crippen LogP contribution in [0.3, 0.4) is 0 Å². The molecule has 0 amide bonds. The molecule has 0 bridgehead atoms. The van der Waals surface area contributed by atoms with Crippen LogP contribution in [-0.4, -0.2) is 9.55 Å². The van der Waals surface area contributed by atoms with Crippen molar-refractivity contribution in [2.45, 2.75) is 33.7 Å². The van der Waals surface area contributed by atoms with Gasteiger partial charge in [-0.1, -0.05) is 18.2 Å². The summed E-state index contributed by atoms with van der Waals surface area (Å²) < 4.78 is 2.28. The third-order valence-corrected chi connectivity index (χ3v) is 3.90. The lowest BCUT2D eigenvalue weighted by molar-refractivity contribution is 0.624. The van der Waals surface area contributed by atoms with Crippen LogP contribution >= 0.6 is 0 Å². The van der Waals surface area contributed by atoms with Gasteiger partial charge in [-0.2, -0.15) is 0 Å². The van der Waals surface area contributed by atoms with E-state index < -0.39 is 0 Å². The zero-order chi connectivity index (χ0) is 15.1. The van der Waals surface area contributed by atoms with Gasteiger partial charge in [0.15, 0.2) is 0 Å². The molecule has 0 aliphatic rings. The number of nitrogens with two attached hydrogens (primary N) is 1. The Morgan fingerprint density at radius 1 is 1.05 bits per heavy atom. The van der Waals surface area contributed by atoms with Crippen molar-refractivity contribution in [3.05, 3.63) is 47.5 Å². The van der Waals surface area contributed by atoms with E-state index in [9.17, 15) is 0 Å². The Kier molecular flexibility index (Phi) is 3.20. The highest BCUT2D eigenvalue weighted by Crippen LogP contribution is 2.30. The Morgan fingerprint density at radius 3 is 2.48 bits per heavy atom. The summed E-state index contributed by atoms with van der Waals surface area (Å²) in [7, 11) is 0. The number of nitrogen functional groups attached to an aromatic ring is 1. The second-order valence-corrected chi connectivity index (χ2v) is 5.96. The molecule has 108 valence electrons. The van der Waals surface area contributed by atoms with Crippen molar-refractivity contribution in [1.29, 1.82) is 0 Å². The number of fused-ring (bicyclic) bond motifs is 1. The van der Waals surface area contributed by atoms with Crippen LogP contribution in [0.5, 0.6) is 0 Å². The van der Waals surface area contributed by atoms with Gasteiger partial charge in [-0.25, -0.2) is 4.98 Å². The molecule has 1 aromatic heterocycles. The standard InChI is InChI=1S/C18H21N3/c1-11(2)21-17-8-5-12(3)9-16(17)20-18(21)14-7-6-13(4)15(19)10-14/h5-11H,19H2,1-4H3. The summed E-state index contributed by atoms with van der Waals surface area (Å²) in [5.74, 6) is 0.984. The van der Waals surface area contributed by atoms with E-state index in [-0.39, 0.29) is 0 Å². The molecule has 3 aromatic rings. The highest BCUT2D eigenvalue weighted by Gasteiger charge is 2.15. The van der Waals surface area contributed by atoms with Gasteiger partial charge in [0.2, 0.25) is 0 Å². The average molecular weight is 279 g/mol. The van der Waals surface area contributed by atoms with Gasteiger partial charge in [-0.05, 0) is 57.0 Å². The summed E-state index contributed by atoms with van der Waals surface area (Å²) in [6.45, 7) is 8.48. The quantitative estimate of drug-likeness (QED) is 0.703. The fraction of sp³-hybridized carbons (Fsp3) is 0.278. The summed E-state index contributed by atoms with van der Waals surface area (Å²) in [5, 5.41) is 0. The third kappa shape index (κ3) is 2.29. The lowest BCUT2D eigenvalue weighted by Crippen LogP contribution is -2.03. The van der Waals surface area contributed by atoms with Crippen molar-refractivity contribution in [3.63, 3.8) is 0 Å². The molecule has 2 aromatic carbocycles. The Hall–Kier alpha value is -2.29. The highest BCUT2D eigenvalue weighted by atomic mass is 15.1. The van der Waals surface area contributed by atoms with E-state index in [0.29, 0.717) is 6.04 Å². The number of hydrogen-bond donors (Lipinski definition) is 1.